The molecule has 1 heterocycles. The molecule has 0 fully saturated rings. The fraction of sp³-hybridized carbons (Fsp3) is 0.143. The summed E-state index contributed by atoms with van der Waals surface area (Å²) in [5, 5.41) is 2.91. The Bertz CT molecular complexity index is 873. The minimum absolute atomic E-state index is 0.179. The van der Waals surface area contributed by atoms with Crippen LogP contribution in [0.4, 0.5) is 5.69 Å². The molecule has 2 aromatic carbocycles. The highest BCUT2D eigenvalue weighted by Gasteiger charge is 2.09. The average Bonchev–Trinajstić information content (AvgIpc) is 2.68. The van der Waals surface area contributed by atoms with Gasteiger partial charge in [-0.05, 0) is 47.9 Å². The molecule has 0 bridgehead atoms. The number of rotatable bonds is 5. The monoisotopic (exact) mass is 332 g/mol. The number of carbonyl (C=O) groups is 1. The van der Waals surface area contributed by atoms with Gasteiger partial charge >= 0.3 is 0 Å². The summed E-state index contributed by atoms with van der Waals surface area (Å²) in [5.74, 6) is 0.588. The van der Waals surface area contributed by atoms with Crippen molar-refractivity contribution in [3.63, 3.8) is 0 Å². The summed E-state index contributed by atoms with van der Waals surface area (Å²) in [4.78, 5) is 16.7. The zero-order valence-electron chi connectivity index (χ0n) is 14.3. The van der Waals surface area contributed by atoms with E-state index in [1.165, 1.54) is 5.56 Å². The minimum Gasteiger partial charge on any atom is -0.497 e. The lowest BCUT2D eigenvalue weighted by molar-refractivity contribution is 0.102. The van der Waals surface area contributed by atoms with E-state index in [2.05, 4.69) is 17.2 Å². The van der Waals surface area contributed by atoms with Crippen molar-refractivity contribution < 1.29 is 9.53 Å². The van der Waals surface area contributed by atoms with Crippen LogP contribution in [0.3, 0.4) is 0 Å². The maximum atomic E-state index is 12.5. The second-order valence-electron chi connectivity index (χ2n) is 5.70. The van der Waals surface area contributed by atoms with Crippen molar-refractivity contribution >= 4 is 11.6 Å². The molecule has 1 N–H and O–H groups in total. The number of methoxy groups -OCH3 is 1. The number of nitrogens with zero attached hydrogens (tertiary/aromatic N) is 1. The fourth-order valence-corrected chi connectivity index (χ4v) is 2.55. The molecule has 0 unspecified atom stereocenters. The van der Waals surface area contributed by atoms with Crippen LogP contribution in [-0.2, 0) is 6.42 Å². The molecule has 0 saturated heterocycles. The first kappa shape index (κ1) is 16.7. The second kappa shape index (κ2) is 7.62. The summed E-state index contributed by atoms with van der Waals surface area (Å²) in [7, 11) is 1.63. The molecular weight excluding hydrogens is 312 g/mol. The molecule has 1 aromatic heterocycles. The summed E-state index contributed by atoms with van der Waals surface area (Å²) in [5.41, 5.74) is 4.34. The lowest BCUT2D eigenvalue weighted by atomic mass is 10.1. The molecule has 1 amide bonds. The Balaban J connectivity index is 1.81. The van der Waals surface area contributed by atoms with Crippen LogP contribution in [0.25, 0.3) is 11.1 Å². The molecule has 3 rings (SSSR count). The van der Waals surface area contributed by atoms with Crippen molar-refractivity contribution in [1.82, 2.24) is 4.98 Å². The van der Waals surface area contributed by atoms with Crippen LogP contribution in [0, 0.1) is 0 Å². The van der Waals surface area contributed by atoms with Crippen molar-refractivity contribution in [2.45, 2.75) is 13.3 Å². The molecule has 4 nitrogen and oxygen atoms in total. The maximum Gasteiger partial charge on any atom is 0.257 e. The SMILES string of the molecule is CCc1ccc(NC(=O)c2cncc(-c3cccc(OC)c3)c2)cc1. The maximum absolute atomic E-state index is 12.5. The van der Waals surface area contributed by atoms with E-state index < -0.39 is 0 Å². The molecular formula is C21H20N2O2. The first-order valence-corrected chi connectivity index (χ1v) is 8.19. The zero-order chi connectivity index (χ0) is 17.6. The fourth-order valence-electron chi connectivity index (χ4n) is 2.55. The molecule has 0 radical (unpaired) electrons. The van der Waals surface area contributed by atoms with Gasteiger partial charge in [0.1, 0.15) is 5.75 Å². The van der Waals surface area contributed by atoms with Gasteiger partial charge in [-0.25, -0.2) is 0 Å². The molecule has 0 aliphatic rings. The number of pyridine rings is 1. The normalized spacial score (nSPS) is 10.3. The largest absolute Gasteiger partial charge is 0.497 e. The molecule has 0 spiro atoms. The number of aryl methyl sites for hydroxylation is 1. The standard InChI is InChI=1S/C21H20N2O2/c1-3-15-7-9-19(10-8-15)23-21(24)18-11-17(13-22-14-18)16-5-4-6-20(12-16)25-2/h4-14H,3H2,1-2H3,(H,23,24). The van der Waals surface area contributed by atoms with Gasteiger partial charge in [0.2, 0.25) is 0 Å². The molecule has 0 aliphatic heterocycles. The Labute approximate surface area is 147 Å². The Kier molecular flexibility index (Phi) is 5.09. The highest BCUT2D eigenvalue weighted by atomic mass is 16.5. The number of aromatic nitrogens is 1. The number of carbonyl (C=O) groups excluding carboxylic acids is 1. The topological polar surface area (TPSA) is 51.2 Å². The quantitative estimate of drug-likeness (QED) is 0.744. The third-order valence-electron chi connectivity index (χ3n) is 4.02. The van der Waals surface area contributed by atoms with Gasteiger partial charge in [-0.3, -0.25) is 9.78 Å². The van der Waals surface area contributed by atoms with Crippen LogP contribution >= 0.6 is 0 Å². The molecule has 126 valence electrons. The van der Waals surface area contributed by atoms with Gasteiger partial charge < -0.3 is 10.1 Å². The third-order valence-corrected chi connectivity index (χ3v) is 4.02. The predicted octanol–water partition coefficient (Wildman–Crippen LogP) is 4.57. The van der Waals surface area contributed by atoms with E-state index in [0.29, 0.717) is 5.56 Å². The van der Waals surface area contributed by atoms with E-state index in [0.717, 1.165) is 29.0 Å². The van der Waals surface area contributed by atoms with Crippen molar-refractivity contribution in [1.29, 1.82) is 0 Å². The molecule has 0 saturated carbocycles. The van der Waals surface area contributed by atoms with Gasteiger partial charge in [0.25, 0.3) is 5.91 Å². The molecule has 0 aliphatic carbocycles. The Morgan fingerprint density at radius 3 is 2.56 bits per heavy atom. The van der Waals surface area contributed by atoms with E-state index >= 15 is 0 Å². The summed E-state index contributed by atoms with van der Waals surface area (Å²) in [6.07, 6.45) is 4.28. The summed E-state index contributed by atoms with van der Waals surface area (Å²) < 4.78 is 5.25. The van der Waals surface area contributed by atoms with Gasteiger partial charge in [-0.1, -0.05) is 31.2 Å². The van der Waals surface area contributed by atoms with Gasteiger partial charge in [0.15, 0.2) is 0 Å². The van der Waals surface area contributed by atoms with Crippen LogP contribution in [0.1, 0.15) is 22.8 Å². The number of hydrogen-bond donors (Lipinski definition) is 1. The number of amides is 1. The Hall–Kier alpha value is -3.14. The van der Waals surface area contributed by atoms with E-state index in [4.69, 9.17) is 4.74 Å². The Morgan fingerprint density at radius 2 is 1.84 bits per heavy atom. The first-order chi connectivity index (χ1) is 12.2. The van der Waals surface area contributed by atoms with E-state index in [-0.39, 0.29) is 5.91 Å². The van der Waals surface area contributed by atoms with Crippen molar-refractivity contribution in [3.8, 4) is 16.9 Å². The van der Waals surface area contributed by atoms with Gasteiger partial charge in [0.05, 0.1) is 12.7 Å². The number of nitrogens with one attached hydrogen (secondary N) is 1. The Morgan fingerprint density at radius 1 is 1.04 bits per heavy atom. The van der Waals surface area contributed by atoms with E-state index in [1.807, 2.05) is 54.6 Å². The van der Waals surface area contributed by atoms with Crippen molar-refractivity contribution in [2.75, 3.05) is 12.4 Å². The summed E-state index contributed by atoms with van der Waals surface area (Å²) >= 11 is 0. The lowest BCUT2D eigenvalue weighted by Gasteiger charge is -2.08. The van der Waals surface area contributed by atoms with Crippen molar-refractivity contribution in [2.24, 2.45) is 0 Å². The first-order valence-electron chi connectivity index (χ1n) is 8.19. The van der Waals surface area contributed by atoms with Crippen LogP contribution < -0.4 is 10.1 Å². The van der Waals surface area contributed by atoms with Crippen LogP contribution in [0.5, 0.6) is 5.75 Å². The van der Waals surface area contributed by atoms with E-state index in [1.54, 1.807) is 19.5 Å². The van der Waals surface area contributed by atoms with Crippen LogP contribution in [0.2, 0.25) is 0 Å². The molecule has 3 aromatic rings. The van der Waals surface area contributed by atoms with Gasteiger partial charge in [0, 0.05) is 23.6 Å². The number of ether oxygens (including phenoxy) is 1. The predicted molar refractivity (Wildman–Crippen MR) is 100.0 cm³/mol. The summed E-state index contributed by atoms with van der Waals surface area (Å²) in [6, 6.07) is 17.4. The van der Waals surface area contributed by atoms with Crippen molar-refractivity contribution in [3.05, 3.63) is 78.1 Å². The van der Waals surface area contributed by atoms with Gasteiger partial charge in [-0.15, -0.1) is 0 Å². The van der Waals surface area contributed by atoms with Gasteiger partial charge in [-0.2, -0.15) is 0 Å². The molecule has 4 heteroatoms. The zero-order valence-corrected chi connectivity index (χ0v) is 14.3. The van der Waals surface area contributed by atoms with E-state index in [9.17, 15) is 4.79 Å². The molecule has 25 heavy (non-hydrogen) atoms. The number of hydrogen-bond acceptors (Lipinski definition) is 3. The number of anilines is 1. The average molecular weight is 332 g/mol. The third kappa shape index (κ3) is 4.04. The lowest BCUT2D eigenvalue weighted by Crippen LogP contribution is -2.12. The molecule has 0 atom stereocenters. The second-order valence-corrected chi connectivity index (χ2v) is 5.70. The highest BCUT2D eigenvalue weighted by Crippen LogP contribution is 2.24. The van der Waals surface area contributed by atoms with Crippen LogP contribution in [-0.4, -0.2) is 18.0 Å². The van der Waals surface area contributed by atoms with Crippen LogP contribution in [0.15, 0.2) is 67.0 Å². The number of benzene rings is 2. The summed E-state index contributed by atoms with van der Waals surface area (Å²) in [6.45, 7) is 2.10. The smallest absolute Gasteiger partial charge is 0.257 e. The highest BCUT2D eigenvalue weighted by molar-refractivity contribution is 6.04. The minimum atomic E-state index is -0.179.